The minimum absolute atomic E-state index is 0.238. The molecule has 0 aliphatic heterocycles. The third-order valence-electron chi connectivity index (χ3n) is 2.59. The zero-order valence-corrected chi connectivity index (χ0v) is 12.6. The van der Waals surface area contributed by atoms with E-state index in [0.717, 1.165) is 12.2 Å². The molecule has 0 saturated carbocycles. The first-order valence-corrected chi connectivity index (χ1v) is 6.36. The van der Waals surface area contributed by atoms with Gasteiger partial charge in [-0.2, -0.15) is 0 Å². The molecule has 2 amide bonds. The molecule has 0 unspecified atom stereocenters. The molecule has 0 bridgehead atoms. The van der Waals surface area contributed by atoms with Crippen LogP contribution in [0.3, 0.4) is 0 Å². The van der Waals surface area contributed by atoms with E-state index in [4.69, 9.17) is 11.6 Å². The normalized spacial score (nSPS) is 10.3. The Morgan fingerprint density at radius 2 is 1.90 bits per heavy atom. The van der Waals surface area contributed by atoms with Crippen molar-refractivity contribution in [1.82, 2.24) is 5.32 Å². The molecule has 0 aliphatic carbocycles. The van der Waals surface area contributed by atoms with Crippen LogP contribution in [0.4, 0.5) is 5.69 Å². The Morgan fingerprint density at radius 3 is 2.48 bits per heavy atom. The summed E-state index contributed by atoms with van der Waals surface area (Å²) in [6.07, 6.45) is 2.01. The van der Waals surface area contributed by atoms with E-state index in [1.807, 2.05) is 0 Å². The monoisotopic (exact) mass is 310 g/mol. The quantitative estimate of drug-likeness (QED) is 0.654. The van der Waals surface area contributed by atoms with Gasteiger partial charge in [-0.05, 0) is 24.6 Å². The van der Waals surface area contributed by atoms with Gasteiger partial charge in [0.2, 0.25) is 5.91 Å². The molecule has 1 aromatic rings. The number of ether oxygens (including phenoxy) is 1. The van der Waals surface area contributed by atoms with Gasteiger partial charge in [-0.25, -0.2) is 4.79 Å². The van der Waals surface area contributed by atoms with E-state index in [2.05, 4.69) is 15.4 Å². The molecule has 112 valence electrons. The maximum atomic E-state index is 11.8. The third kappa shape index (κ3) is 4.61. The van der Waals surface area contributed by atoms with Crippen LogP contribution in [0.15, 0.2) is 24.3 Å². The summed E-state index contributed by atoms with van der Waals surface area (Å²) >= 11 is 5.91. The van der Waals surface area contributed by atoms with Crippen LogP contribution in [-0.2, 0) is 14.3 Å². The lowest BCUT2D eigenvalue weighted by molar-refractivity contribution is -0.135. The summed E-state index contributed by atoms with van der Waals surface area (Å²) in [5.74, 6) is -1.59. The smallest absolute Gasteiger partial charge is 0.330 e. The van der Waals surface area contributed by atoms with Crippen molar-refractivity contribution in [2.45, 2.75) is 6.92 Å². The summed E-state index contributed by atoms with van der Waals surface area (Å²) in [6.45, 7) is 1.71. The molecule has 0 atom stereocenters. The molecule has 0 radical (unpaired) electrons. The largest absolute Gasteiger partial charge is 0.466 e. The predicted octanol–water partition coefficient (Wildman–Crippen LogP) is 1.68. The maximum Gasteiger partial charge on any atom is 0.330 e. The number of halogens is 1. The van der Waals surface area contributed by atoms with Crippen molar-refractivity contribution in [1.29, 1.82) is 0 Å². The number of amides is 2. The zero-order chi connectivity index (χ0) is 16.0. The second-order valence-corrected chi connectivity index (χ2v) is 4.51. The Bertz CT molecular complexity index is 611. The minimum atomic E-state index is -0.649. The summed E-state index contributed by atoms with van der Waals surface area (Å²) in [4.78, 5) is 34.5. The number of carbonyl (C=O) groups is 3. The molecular weight excluding hydrogens is 296 g/mol. The van der Waals surface area contributed by atoms with Crippen molar-refractivity contribution >= 4 is 35.1 Å². The van der Waals surface area contributed by atoms with E-state index in [0.29, 0.717) is 16.3 Å². The highest BCUT2D eigenvalue weighted by Gasteiger charge is 2.15. The van der Waals surface area contributed by atoms with Gasteiger partial charge in [-0.3, -0.25) is 9.59 Å². The summed E-state index contributed by atoms with van der Waals surface area (Å²) in [5, 5.41) is 5.40. The third-order valence-corrected chi connectivity index (χ3v) is 2.81. The first-order chi connectivity index (χ1) is 9.88. The van der Waals surface area contributed by atoms with Crippen molar-refractivity contribution < 1.29 is 19.1 Å². The van der Waals surface area contributed by atoms with Gasteiger partial charge < -0.3 is 15.4 Å². The average molecular weight is 311 g/mol. The van der Waals surface area contributed by atoms with Gasteiger partial charge in [0.15, 0.2) is 0 Å². The van der Waals surface area contributed by atoms with Crippen LogP contribution in [0.2, 0.25) is 5.02 Å². The molecule has 0 aromatic heterocycles. The SMILES string of the molecule is CNC(=O)c1cc(Cl)cc(C)c1NC(=O)/C=C/C(=O)OC. The molecule has 0 saturated heterocycles. The van der Waals surface area contributed by atoms with Gasteiger partial charge in [-0.15, -0.1) is 0 Å². The molecule has 0 heterocycles. The fraction of sp³-hybridized carbons (Fsp3) is 0.214. The standard InChI is InChI=1S/C14H15ClN2O4/c1-8-6-9(15)7-10(14(20)16-2)13(8)17-11(18)4-5-12(19)21-3/h4-7H,1-3H3,(H,16,20)(H,17,18)/b5-4+. The van der Waals surface area contributed by atoms with Gasteiger partial charge >= 0.3 is 5.97 Å². The van der Waals surface area contributed by atoms with E-state index in [1.165, 1.54) is 20.2 Å². The summed E-state index contributed by atoms with van der Waals surface area (Å²) < 4.78 is 4.38. The van der Waals surface area contributed by atoms with Gasteiger partial charge in [0.05, 0.1) is 18.4 Å². The van der Waals surface area contributed by atoms with Crippen LogP contribution >= 0.6 is 11.6 Å². The highest BCUT2D eigenvalue weighted by atomic mass is 35.5. The van der Waals surface area contributed by atoms with Crippen LogP contribution in [0, 0.1) is 6.92 Å². The van der Waals surface area contributed by atoms with Gasteiger partial charge in [-0.1, -0.05) is 11.6 Å². The van der Waals surface area contributed by atoms with Crippen LogP contribution in [-0.4, -0.2) is 31.9 Å². The summed E-state index contributed by atoms with van der Waals surface area (Å²) in [7, 11) is 2.68. The van der Waals surface area contributed by atoms with Gasteiger partial charge in [0.1, 0.15) is 0 Å². The second kappa shape index (κ2) is 7.44. The number of anilines is 1. The van der Waals surface area contributed by atoms with E-state index in [9.17, 15) is 14.4 Å². The highest BCUT2D eigenvalue weighted by molar-refractivity contribution is 6.31. The van der Waals surface area contributed by atoms with Gasteiger partial charge in [0, 0.05) is 24.2 Å². The minimum Gasteiger partial charge on any atom is -0.466 e. The summed E-state index contributed by atoms with van der Waals surface area (Å²) in [5.41, 5.74) is 1.20. The van der Waals surface area contributed by atoms with Crippen molar-refractivity contribution in [2.75, 3.05) is 19.5 Å². The van der Waals surface area contributed by atoms with Crippen molar-refractivity contribution in [3.63, 3.8) is 0 Å². The Labute approximate surface area is 127 Å². The van der Waals surface area contributed by atoms with Crippen LogP contribution in [0.5, 0.6) is 0 Å². The Kier molecular flexibility index (Phi) is 5.92. The van der Waals surface area contributed by atoms with E-state index in [1.54, 1.807) is 13.0 Å². The van der Waals surface area contributed by atoms with Crippen molar-refractivity contribution in [3.05, 3.63) is 40.4 Å². The van der Waals surface area contributed by atoms with Crippen LogP contribution < -0.4 is 10.6 Å². The highest BCUT2D eigenvalue weighted by Crippen LogP contribution is 2.25. The topological polar surface area (TPSA) is 84.5 Å². The maximum absolute atomic E-state index is 11.8. The number of methoxy groups -OCH3 is 1. The number of rotatable bonds is 4. The van der Waals surface area contributed by atoms with Crippen molar-refractivity contribution in [3.8, 4) is 0 Å². The second-order valence-electron chi connectivity index (χ2n) is 4.07. The molecule has 2 N–H and O–H groups in total. The number of hydrogen-bond donors (Lipinski definition) is 2. The lowest BCUT2D eigenvalue weighted by Gasteiger charge is -2.12. The molecule has 7 heteroatoms. The number of nitrogens with one attached hydrogen (secondary N) is 2. The molecule has 1 aromatic carbocycles. The number of benzene rings is 1. The summed E-state index contributed by atoms with van der Waals surface area (Å²) in [6, 6.07) is 3.07. The molecule has 1 rings (SSSR count). The Hall–Kier alpha value is -2.34. The number of esters is 1. The fourth-order valence-corrected chi connectivity index (χ4v) is 1.87. The first-order valence-electron chi connectivity index (χ1n) is 5.98. The van der Waals surface area contributed by atoms with E-state index < -0.39 is 11.9 Å². The molecular formula is C14H15ClN2O4. The molecule has 21 heavy (non-hydrogen) atoms. The number of hydrogen-bond acceptors (Lipinski definition) is 4. The van der Waals surface area contributed by atoms with E-state index in [-0.39, 0.29) is 11.5 Å². The van der Waals surface area contributed by atoms with Crippen LogP contribution in [0.25, 0.3) is 0 Å². The van der Waals surface area contributed by atoms with E-state index >= 15 is 0 Å². The van der Waals surface area contributed by atoms with Crippen LogP contribution in [0.1, 0.15) is 15.9 Å². The Balaban J connectivity index is 3.07. The molecule has 6 nitrogen and oxygen atoms in total. The molecule has 0 aliphatic rings. The lowest BCUT2D eigenvalue weighted by Crippen LogP contribution is -2.21. The predicted molar refractivity (Wildman–Crippen MR) is 79.4 cm³/mol. The van der Waals surface area contributed by atoms with Crippen molar-refractivity contribution in [2.24, 2.45) is 0 Å². The Morgan fingerprint density at radius 1 is 1.24 bits per heavy atom. The average Bonchev–Trinajstić information content (AvgIpc) is 2.46. The zero-order valence-electron chi connectivity index (χ0n) is 11.8. The molecule has 0 spiro atoms. The molecule has 0 fully saturated rings. The number of aryl methyl sites for hydroxylation is 1. The van der Waals surface area contributed by atoms with Gasteiger partial charge in [0.25, 0.3) is 5.91 Å². The first kappa shape index (κ1) is 16.7. The number of carbonyl (C=O) groups excluding carboxylic acids is 3. The fourth-order valence-electron chi connectivity index (χ4n) is 1.60. The lowest BCUT2D eigenvalue weighted by atomic mass is 10.1.